The first kappa shape index (κ1) is 16.9. The first-order chi connectivity index (χ1) is 10.9. The third-order valence-electron chi connectivity index (χ3n) is 4.09. The van der Waals surface area contributed by atoms with Crippen LogP contribution in [0.1, 0.15) is 18.4 Å². The summed E-state index contributed by atoms with van der Waals surface area (Å²) in [7, 11) is 0. The van der Waals surface area contributed by atoms with E-state index < -0.39 is 5.92 Å². The van der Waals surface area contributed by atoms with Gasteiger partial charge in [-0.15, -0.1) is 0 Å². The molecule has 1 aliphatic rings. The summed E-state index contributed by atoms with van der Waals surface area (Å²) < 4.78 is 27.8. The Balaban J connectivity index is 1.73. The monoisotopic (exact) mass is 399 g/mol. The molecule has 0 unspecified atom stereocenters. The van der Waals surface area contributed by atoms with Gasteiger partial charge in [-0.25, -0.2) is 8.78 Å². The van der Waals surface area contributed by atoms with Gasteiger partial charge in [-0.2, -0.15) is 0 Å². The zero-order valence-corrected chi connectivity index (χ0v) is 14.9. The van der Waals surface area contributed by atoms with Crippen LogP contribution in [0, 0.1) is 0 Å². The average molecular weight is 401 g/mol. The van der Waals surface area contributed by atoms with E-state index in [1.807, 2.05) is 47.4 Å². The molecule has 1 saturated heterocycles. The first-order valence-corrected chi connectivity index (χ1v) is 8.75. The lowest BCUT2D eigenvalue weighted by Crippen LogP contribution is -2.41. The number of halogens is 4. The molecule has 2 aromatic rings. The molecule has 0 bridgehead atoms. The molecule has 0 saturated carbocycles. The van der Waals surface area contributed by atoms with Crippen molar-refractivity contribution in [3.63, 3.8) is 0 Å². The van der Waals surface area contributed by atoms with Gasteiger partial charge in [-0.1, -0.05) is 48.0 Å². The van der Waals surface area contributed by atoms with Gasteiger partial charge in [0, 0.05) is 23.0 Å². The number of alkyl halides is 2. The van der Waals surface area contributed by atoms with Crippen molar-refractivity contribution in [1.82, 2.24) is 4.90 Å². The Hall–Kier alpha value is -0.970. The predicted octanol–water partition coefficient (Wildman–Crippen LogP) is 6.00. The Morgan fingerprint density at radius 2 is 1.87 bits per heavy atom. The van der Waals surface area contributed by atoms with Crippen molar-refractivity contribution >= 4 is 27.5 Å². The van der Waals surface area contributed by atoms with Crippen LogP contribution in [0.2, 0.25) is 5.02 Å². The third-order valence-corrected chi connectivity index (χ3v) is 5.39. The summed E-state index contributed by atoms with van der Waals surface area (Å²) in [6.45, 7) is 1.14. The summed E-state index contributed by atoms with van der Waals surface area (Å²) in [5.74, 6) is -2.55. The van der Waals surface area contributed by atoms with Gasteiger partial charge in [0.15, 0.2) is 0 Å². The number of hydrogen-bond acceptors (Lipinski definition) is 1. The molecule has 23 heavy (non-hydrogen) atoms. The molecule has 2 aromatic carbocycles. The minimum Gasteiger partial charge on any atom is -0.293 e. The van der Waals surface area contributed by atoms with Gasteiger partial charge in [0.05, 0.1) is 11.6 Å². The van der Waals surface area contributed by atoms with Gasteiger partial charge >= 0.3 is 0 Å². The molecule has 0 radical (unpaired) electrons. The Morgan fingerprint density at radius 3 is 2.57 bits per heavy atom. The van der Waals surface area contributed by atoms with Crippen LogP contribution in [-0.2, 0) is 6.54 Å². The number of piperidine rings is 1. The highest BCUT2D eigenvalue weighted by molar-refractivity contribution is 9.10. The largest absolute Gasteiger partial charge is 0.293 e. The van der Waals surface area contributed by atoms with Crippen LogP contribution < -0.4 is 0 Å². The van der Waals surface area contributed by atoms with Crippen molar-refractivity contribution in [2.75, 3.05) is 13.1 Å². The molecule has 5 heteroatoms. The summed E-state index contributed by atoms with van der Waals surface area (Å²) in [6, 6.07) is 13.8. The second-order valence-corrected chi connectivity index (χ2v) is 7.20. The first-order valence-electron chi connectivity index (χ1n) is 7.58. The van der Waals surface area contributed by atoms with Crippen LogP contribution in [-0.4, -0.2) is 23.9 Å². The minimum absolute atomic E-state index is 0.00379. The smallest absolute Gasteiger partial charge is 0.260 e. The van der Waals surface area contributed by atoms with E-state index in [9.17, 15) is 8.78 Å². The number of hydrogen-bond donors (Lipinski definition) is 0. The van der Waals surface area contributed by atoms with E-state index in [0.717, 1.165) is 27.7 Å². The summed E-state index contributed by atoms with van der Waals surface area (Å²) in [4.78, 5) is 1.82. The maximum Gasteiger partial charge on any atom is 0.260 e. The zero-order valence-electron chi connectivity index (χ0n) is 12.5. The lowest BCUT2D eigenvalue weighted by Gasteiger charge is -2.32. The minimum atomic E-state index is -2.55. The number of benzene rings is 2. The summed E-state index contributed by atoms with van der Waals surface area (Å²) in [5, 5.41) is 0.677. The van der Waals surface area contributed by atoms with Crippen molar-refractivity contribution in [3.8, 4) is 11.1 Å². The van der Waals surface area contributed by atoms with Crippen LogP contribution in [0.4, 0.5) is 8.78 Å². The predicted molar refractivity (Wildman–Crippen MR) is 94.0 cm³/mol. The van der Waals surface area contributed by atoms with Gasteiger partial charge in [-0.05, 0) is 46.1 Å². The Kier molecular flexibility index (Phi) is 5.04. The fourth-order valence-electron chi connectivity index (χ4n) is 2.96. The van der Waals surface area contributed by atoms with Crippen LogP contribution in [0.25, 0.3) is 11.1 Å². The Morgan fingerprint density at radius 1 is 1.13 bits per heavy atom. The normalized spacial score (nSPS) is 18.1. The van der Waals surface area contributed by atoms with Crippen LogP contribution >= 0.6 is 27.5 Å². The van der Waals surface area contributed by atoms with E-state index in [4.69, 9.17) is 11.6 Å². The number of likely N-dealkylation sites (tertiary alicyclic amines) is 1. The lowest BCUT2D eigenvalue weighted by atomic mass is 10.0. The van der Waals surface area contributed by atoms with Crippen molar-refractivity contribution in [2.45, 2.75) is 25.3 Å². The molecule has 0 amide bonds. The topological polar surface area (TPSA) is 3.24 Å². The van der Waals surface area contributed by atoms with Gasteiger partial charge in [0.1, 0.15) is 0 Å². The molecule has 0 atom stereocenters. The molecule has 1 heterocycles. The SMILES string of the molecule is FC1(F)CCCN(Cc2ccc(-c3cccc(Br)c3Cl)cc2)C1. The molecule has 1 fully saturated rings. The molecule has 0 aromatic heterocycles. The highest BCUT2D eigenvalue weighted by Crippen LogP contribution is 2.34. The van der Waals surface area contributed by atoms with Crippen LogP contribution in [0.3, 0.4) is 0 Å². The Bertz CT molecular complexity index is 688. The summed E-state index contributed by atoms with van der Waals surface area (Å²) in [5.41, 5.74) is 3.01. The average Bonchev–Trinajstić information content (AvgIpc) is 2.50. The van der Waals surface area contributed by atoms with Crippen LogP contribution in [0.5, 0.6) is 0 Å². The highest BCUT2D eigenvalue weighted by atomic mass is 79.9. The fourth-order valence-corrected chi connectivity index (χ4v) is 3.56. The molecule has 0 aliphatic carbocycles. The van der Waals surface area contributed by atoms with Crippen LogP contribution in [0.15, 0.2) is 46.9 Å². The van der Waals surface area contributed by atoms with Crippen molar-refractivity contribution in [3.05, 3.63) is 57.5 Å². The molecular weight excluding hydrogens is 384 g/mol. The van der Waals surface area contributed by atoms with E-state index in [2.05, 4.69) is 15.9 Å². The van der Waals surface area contributed by atoms with E-state index in [-0.39, 0.29) is 13.0 Å². The number of rotatable bonds is 3. The van der Waals surface area contributed by atoms with E-state index >= 15 is 0 Å². The fraction of sp³-hybridized carbons (Fsp3) is 0.333. The molecule has 0 spiro atoms. The maximum absolute atomic E-state index is 13.5. The second-order valence-electron chi connectivity index (χ2n) is 5.97. The van der Waals surface area contributed by atoms with Crippen molar-refractivity contribution < 1.29 is 8.78 Å². The van der Waals surface area contributed by atoms with Gasteiger partial charge in [0.25, 0.3) is 5.92 Å². The van der Waals surface area contributed by atoms with E-state index in [1.54, 1.807) is 0 Å². The maximum atomic E-state index is 13.5. The number of nitrogens with zero attached hydrogens (tertiary/aromatic N) is 1. The van der Waals surface area contributed by atoms with Gasteiger partial charge in [-0.3, -0.25) is 4.90 Å². The van der Waals surface area contributed by atoms with Gasteiger partial charge < -0.3 is 0 Å². The molecule has 3 rings (SSSR count). The second kappa shape index (κ2) is 6.88. The van der Waals surface area contributed by atoms with E-state index in [1.165, 1.54) is 0 Å². The highest BCUT2D eigenvalue weighted by Gasteiger charge is 2.34. The lowest BCUT2D eigenvalue weighted by molar-refractivity contribution is -0.0661. The third kappa shape index (κ3) is 4.11. The molecule has 122 valence electrons. The van der Waals surface area contributed by atoms with E-state index in [0.29, 0.717) is 18.0 Å². The quantitative estimate of drug-likeness (QED) is 0.610. The van der Waals surface area contributed by atoms with Crippen molar-refractivity contribution in [1.29, 1.82) is 0 Å². The standard InChI is InChI=1S/C18H17BrClF2N/c19-16-4-1-3-15(17(16)20)14-7-5-13(6-8-14)11-23-10-2-9-18(21,22)12-23/h1,3-8H,2,9-12H2. The summed E-state index contributed by atoms with van der Waals surface area (Å²) in [6.07, 6.45) is 0.558. The summed E-state index contributed by atoms with van der Waals surface area (Å²) >= 11 is 9.74. The molecule has 1 nitrogen and oxygen atoms in total. The van der Waals surface area contributed by atoms with Gasteiger partial charge in [0.2, 0.25) is 0 Å². The molecular formula is C18H17BrClF2N. The zero-order chi connectivity index (χ0) is 16.4. The van der Waals surface area contributed by atoms with Crippen molar-refractivity contribution in [2.24, 2.45) is 0 Å². The molecule has 1 aliphatic heterocycles. The Labute approximate surface area is 148 Å². The molecule has 0 N–H and O–H groups in total.